The molecule has 0 saturated carbocycles. The smallest absolute Gasteiger partial charge is 0.264 e. The molecule has 1 heterocycles. The van der Waals surface area contributed by atoms with Crippen molar-refractivity contribution in [2.75, 3.05) is 13.2 Å². The molecule has 0 unspecified atom stereocenters. The van der Waals surface area contributed by atoms with E-state index in [4.69, 9.17) is 38.1 Å². The van der Waals surface area contributed by atoms with Gasteiger partial charge in [-0.05, 0) is 54.1 Å². The highest BCUT2D eigenvalue weighted by Gasteiger charge is 2.22. The molecule has 1 aliphatic heterocycles. The number of rotatable bonds is 6. The zero-order valence-corrected chi connectivity index (χ0v) is 16.7. The fourth-order valence-corrected chi connectivity index (χ4v) is 3.72. The highest BCUT2D eigenvalue weighted by atomic mass is 35.5. The SMILES string of the molecule is Cc1ccccc1OCCOc1c(Cl)cc(C=C2SC(=N)NC2=O)cc1Cl. The number of halogens is 2. The molecule has 0 atom stereocenters. The van der Waals surface area contributed by atoms with E-state index in [9.17, 15) is 4.79 Å². The van der Waals surface area contributed by atoms with E-state index < -0.39 is 0 Å². The van der Waals surface area contributed by atoms with E-state index in [1.54, 1.807) is 18.2 Å². The average molecular weight is 423 g/mol. The molecule has 2 aromatic rings. The second kappa shape index (κ2) is 8.69. The number of hydrogen-bond acceptors (Lipinski definition) is 5. The lowest BCUT2D eigenvalue weighted by Gasteiger charge is -2.12. The van der Waals surface area contributed by atoms with Crippen LogP contribution in [0.2, 0.25) is 10.0 Å². The minimum atomic E-state index is -0.314. The van der Waals surface area contributed by atoms with Crippen molar-refractivity contribution in [1.82, 2.24) is 5.32 Å². The molecule has 0 bridgehead atoms. The number of ether oxygens (including phenoxy) is 2. The first-order valence-electron chi connectivity index (χ1n) is 8.04. The quantitative estimate of drug-likeness (QED) is 0.512. The fraction of sp³-hybridized carbons (Fsp3) is 0.158. The van der Waals surface area contributed by atoms with Crippen molar-refractivity contribution < 1.29 is 14.3 Å². The Balaban J connectivity index is 1.63. The van der Waals surface area contributed by atoms with Crippen LogP contribution in [0.3, 0.4) is 0 Å². The van der Waals surface area contributed by atoms with Crippen LogP contribution in [-0.2, 0) is 4.79 Å². The van der Waals surface area contributed by atoms with Crippen molar-refractivity contribution in [2.24, 2.45) is 0 Å². The van der Waals surface area contributed by atoms with Gasteiger partial charge in [-0.15, -0.1) is 0 Å². The summed E-state index contributed by atoms with van der Waals surface area (Å²) in [6, 6.07) is 11.1. The number of amides is 1. The second-order valence-corrected chi connectivity index (χ2v) is 7.54. The van der Waals surface area contributed by atoms with Crippen molar-refractivity contribution in [2.45, 2.75) is 6.92 Å². The highest BCUT2D eigenvalue weighted by molar-refractivity contribution is 8.18. The molecule has 8 heteroatoms. The number of nitrogens with one attached hydrogen (secondary N) is 2. The number of carbonyl (C=O) groups is 1. The van der Waals surface area contributed by atoms with Crippen LogP contribution in [0.5, 0.6) is 11.5 Å². The zero-order valence-electron chi connectivity index (χ0n) is 14.3. The van der Waals surface area contributed by atoms with Gasteiger partial charge in [0.15, 0.2) is 10.9 Å². The molecule has 0 aromatic heterocycles. The molecule has 1 fully saturated rings. The van der Waals surface area contributed by atoms with Gasteiger partial charge < -0.3 is 14.8 Å². The van der Waals surface area contributed by atoms with Gasteiger partial charge in [0, 0.05) is 0 Å². The Labute approximate surface area is 171 Å². The Kier molecular flexibility index (Phi) is 6.31. The van der Waals surface area contributed by atoms with Crippen LogP contribution in [0.15, 0.2) is 41.3 Å². The van der Waals surface area contributed by atoms with Gasteiger partial charge in [-0.3, -0.25) is 10.2 Å². The molecule has 140 valence electrons. The molecule has 27 heavy (non-hydrogen) atoms. The van der Waals surface area contributed by atoms with Gasteiger partial charge in [-0.25, -0.2) is 0 Å². The Hall–Kier alpha value is -2.15. The van der Waals surface area contributed by atoms with E-state index in [2.05, 4.69) is 5.32 Å². The highest BCUT2D eigenvalue weighted by Crippen LogP contribution is 2.36. The lowest BCUT2D eigenvalue weighted by molar-refractivity contribution is -0.115. The molecule has 0 aliphatic carbocycles. The van der Waals surface area contributed by atoms with Crippen LogP contribution >= 0.6 is 35.0 Å². The third-order valence-corrected chi connectivity index (χ3v) is 5.05. The fourth-order valence-electron chi connectivity index (χ4n) is 2.41. The summed E-state index contributed by atoms with van der Waals surface area (Å²) in [6.07, 6.45) is 1.63. The van der Waals surface area contributed by atoms with Gasteiger partial charge in [0.1, 0.15) is 19.0 Å². The van der Waals surface area contributed by atoms with Crippen LogP contribution in [-0.4, -0.2) is 24.3 Å². The number of thioether (sulfide) groups is 1. The largest absolute Gasteiger partial charge is 0.490 e. The van der Waals surface area contributed by atoms with Gasteiger partial charge in [0.2, 0.25) is 0 Å². The van der Waals surface area contributed by atoms with Crippen molar-refractivity contribution >= 4 is 52.1 Å². The van der Waals surface area contributed by atoms with Crippen molar-refractivity contribution in [3.05, 3.63) is 62.5 Å². The van der Waals surface area contributed by atoms with Gasteiger partial charge in [0.05, 0.1) is 15.0 Å². The maximum atomic E-state index is 11.7. The van der Waals surface area contributed by atoms with Gasteiger partial charge >= 0.3 is 0 Å². The zero-order chi connectivity index (χ0) is 19.4. The Morgan fingerprint density at radius 3 is 2.44 bits per heavy atom. The first-order chi connectivity index (χ1) is 12.9. The molecule has 5 nitrogen and oxygen atoms in total. The third kappa shape index (κ3) is 4.97. The summed E-state index contributed by atoms with van der Waals surface area (Å²) < 4.78 is 11.3. The van der Waals surface area contributed by atoms with E-state index in [-0.39, 0.29) is 17.7 Å². The molecule has 2 aromatic carbocycles. The minimum Gasteiger partial charge on any atom is -0.490 e. The number of amidine groups is 1. The summed E-state index contributed by atoms with van der Waals surface area (Å²) in [6.45, 7) is 2.60. The van der Waals surface area contributed by atoms with Crippen LogP contribution < -0.4 is 14.8 Å². The Morgan fingerprint density at radius 1 is 1.15 bits per heavy atom. The summed E-state index contributed by atoms with van der Waals surface area (Å²) in [5.41, 5.74) is 1.70. The van der Waals surface area contributed by atoms with E-state index in [0.717, 1.165) is 23.1 Å². The number of carbonyl (C=O) groups excluding carboxylic acids is 1. The summed E-state index contributed by atoms with van der Waals surface area (Å²) in [4.78, 5) is 12.1. The van der Waals surface area contributed by atoms with E-state index in [1.165, 1.54) is 0 Å². The molecular formula is C19H16Cl2N2O3S. The van der Waals surface area contributed by atoms with E-state index in [0.29, 0.717) is 32.9 Å². The lowest BCUT2D eigenvalue weighted by atomic mass is 10.2. The molecule has 1 saturated heterocycles. The van der Waals surface area contributed by atoms with Gasteiger partial charge in [-0.2, -0.15) is 0 Å². The van der Waals surface area contributed by atoms with Gasteiger partial charge in [0.25, 0.3) is 5.91 Å². The predicted molar refractivity (Wildman–Crippen MR) is 110 cm³/mol. The van der Waals surface area contributed by atoms with E-state index >= 15 is 0 Å². The summed E-state index contributed by atoms with van der Waals surface area (Å²) in [5.74, 6) is 0.856. The molecular weight excluding hydrogens is 407 g/mol. The summed E-state index contributed by atoms with van der Waals surface area (Å²) in [7, 11) is 0. The number of hydrogen-bond donors (Lipinski definition) is 2. The monoisotopic (exact) mass is 422 g/mol. The Morgan fingerprint density at radius 2 is 1.81 bits per heavy atom. The van der Waals surface area contributed by atoms with Crippen LogP contribution in [0, 0.1) is 12.3 Å². The standard InChI is InChI=1S/C19H16Cl2N2O3S/c1-11-4-2-3-5-15(11)25-6-7-26-17-13(20)8-12(9-14(17)21)10-16-18(24)23-19(22)27-16/h2-5,8-10H,6-7H2,1H3,(H2,22,23,24). The van der Waals surface area contributed by atoms with Crippen molar-refractivity contribution in [3.63, 3.8) is 0 Å². The van der Waals surface area contributed by atoms with Gasteiger partial charge in [-0.1, -0.05) is 41.4 Å². The Bertz CT molecular complexity index is 908. The van der Waals surface area contributed by atoms with E-state index in [1.807, 2.05) is 31.2 Å². The first kappa shape index (κ1) is 19.6. The normalized spacial score (nSPS) is 15.1. The maximum Gasteiger partial charge on any atom is 0.264 e. The van der Waals surface area contributed by atoms with Crippen molar-refractivity contribution in [1.29, 1.82) is 5.41 Å². The number of aryl methyl sites for hydroxylation is 1. The molecule has 0 radical (unpaired) electrons. The molecule has 1 amide bonds. The lowest BCUT2D eigenvalue weighted by Crippen LogP contribution is -2.18. The maximum absolute atomic E-state index is 11.7. The minimum absolute atomic E-state index is 0.0945. The molecule has 3 rings (SSSR count). The second-order valence-electron chi connectivity index (χ2n) is 5.67. The first-order valence-corrected chi connectivity index (χ1v) is 9.61. The number of para-hydroxylation sites is 1. The third-order valence-electron chi connectivity index (χ3n) is 3.66. The van der Waals surface area contributed by atoms with Crippen molar-refractivity contribution in [3.8, 4) is 11.5 Å². The van der Waals surface area contributed by atoms with Crippen LogP contribution in [0.4, 0.5) is 0 Å². The topological polar surface area (TPSA) is 71.4 Å². The van der Waals surface area contributed by atoms with Crippen LogP contribution in [0.25, 0.3) is 6.08 Å². The summed E-state index contributed by atoms with van der Waals surface area (Å²) >= 11 is 13.6. The molecule has 2 N–H and O–H groups in total. The predicted octanol–water partition coefficient (Wildman–Crippen LogP) is 4.90. The molecule has 1 aliphatic rings. The average Bonchev–Trinajstić information content (AvgIpc) is 2.92. The molecule has 0 spiro atoms. The number of benzene rings is 2. The summed E-state index contributed by atoms with van der Waals surface area (Å²) in [5, 5.41) is 10.7. The van der Waals surface area contributed by atoms with Crippen LogP contribution in [0.1, 0.15) is 11.1 Å².